The maximum Gasteiger partial charge on any atom is 0.0540 e. The summed E-state index contributed by atoms with van der Waals surface area (Å²) in [5.41, 5.74) is 14.4. The van der Waals surface area contributed by atoms with E-state index in [0.29, 0.717) is 0 Å². The molecule has 300 valence electrons. The SMILES string of the molecule is c1ccc(-c2ccc(-c3sc4cc(-c5ccc(N(c6ccc7ccccc7c6)c6ccc7ccccc7c6)c6ccccc56)ccc4c3-c3ccc(-c4ccccc4)cc3)cc2)cc1. The maximum absolute atomic E-state index is 2.43. The first-order chi connectivity index (χ1) is 31.7. The van der Waals surface area contributed by atoms with Gasteiger partial charge >= 0.3 is 0 Å². The van der Waals surface area contributed by atoms with Gasteiger partial charge in [-0.3, -0.25) is 0 Å². The summed E-state index contributed by atoms with van der Waals surface area (Å²) in [6.07, 6.45) is 0. The number of hydrogen-bond donors (Lipinski definition) is 0. The molecule has 0 N–H and O–H groups in total. The van der Waals surface area contributed by atoms with Gasteiger partial charge in [0.25, 0.3) is 0 Å². The van der Waals surface area contributed by atoms with Gasteiger partial charge in [0, 0.05) is 37.3 Å². The minimum Gasteiger partial charge on any atom is -0.310 e. The van der Waals surface area contributed by atoms with Crippen LogP contribution in [0.5, 0.6) is 0 Å². The first-order valence-corrected chi connectivity index (χ1v) is 22.7. The minimum absolute atomic E-state index is 1.13. The Morgan fingerprint density at radius 1 is 0.281 bits per heavy atom. The van der Waals surface area contributed by atoms with E-state index in [9.17, 15) is 0 Å². The highest BCUT2D eigenvalue weighted by Gasteiger charge is 2.21. The molecular formula is C62H41NS. The Labute approximate surface area is 377 Å². The van der Waals surface area contributed by atoms with Crippen LogP contribution in [-0.4, -0.2) is 0 Å². The van der Waals surface area contributed by atoms with Crippen molar-refractivity contribution in [3.8, 4) is 54.9 Å². The van der Waals surface area contributed by atoms with Crippen molar-refractivity contribution in [2.24, 2.45) is 0 Å². The van der Waals surface area contributed by atoms with E-state index in [2.05, 4.69) is 254 Å². The highest BCUT2D eigenvalue weighted by Crippen LogP contribution is 2.48. The van der Waals surface area contributed by atoms with Gasteiger partial charge in [-0.05, 0) is 108 Å². The zero-order valence-corrected chi connectivity index (χ0v) is 35.8. The third-order valence-corrected chi connectivity index (χ3v) is 13.9. The molecule has 12 rings (SSSR count). The van der Waals surface area contributed by atoms with Crippen molar-refractivity contribution < 1.29 is 0 Å². The highest BCUT2D eigenvalue weighted by molar-refractivity contribution is 7.23. The van der Waals surface area contributed by atoms with Crippen LogP contribution in [0, 0.1) is 0 Å². The number of anilines is 3. The number of nitrogens with zero attached hydrogens (tertiary/aromatic N) is 1. The molecule has 0 unspecified atom stereocenters. The lowest BCUT2D eigenvalue weighted by atomic mass is 9.93. The standard InChI is InChI=1S/C62H41NS/c1-3-13-42(14-4-1)46-23-27-48(28-24-46)61-58-36-33-52(41-60(58)64-62(61)49-29-25-47(26-30-49)43-15-5-2-6-16-43)55-37-38-59(57-22-12-11-21-56(55)57)63(53-34-31-44-17-7-9-19-50(44)39-53)54-35-32-45-18-8-10-20-51(45)40-54/h1-41H. The van der Waals surface area contributed by atoms with E-state index in [1.165, 1.54) is 97.4 Å². The zero-order chi connectivity index (χ0) is 42.4. The summed E-state index contributed by atoms with van der Waals surface area (Å²) in [5.74, 6) is 0. The molecule has 0 spiro atoms. The molecule has 0 aliphatic heterocycles. The molecule has 0 radical (unpaired) electrons. The quantitative estimate of drug-likeness (QED) is 0.147. The average molecular weight is 832 g/mol. The van der Waals surface area contributed by atoms with Crippen LogP contribution >= 0.6 is 11.3 Å². The molecule has 64 heavy (non-hydrogen) atoms. The average Bonchev–Trinajstić information content (AvgIpc) is 3.76. The van der Waals surface area contributed by atoms with Crippen molar-refractivity contribution in [2.45, 2.75) is 0 Å². The molecule has 1 nitrogen and oxygen atoms in total. The first-order valence-electron chi connectivity index (χ1n) is 21.9. The van der Waals surface area contributed by atoms with E-state index in [-0.39, 0.29) is 0 Å². The molecule has 11 aromatic carbocycles. The van der Waals surface area contributed by atoms with E-state index in [1.54, 1.807) is 0 Å². The van der Waals surface area contributed by atoms with Gasteiger partial charge in [-0.15, -0.1) is 11.3 Å². The topological polar surface area (TPSA) is 3.24 Å². The van der Waals surface area contributed by atoms with Crippen LogP contribution in [0.2, 0.25) is 0 Å². The van der Waals surface area contributed by atoms with Crippen LogP contribution in [0.15, 0.2) is 249 Å². The van der Waals surface area contributed by atoms with Gasteiger partial charge in [-0.2, -0.15) is 0 Å². The third-order valence-electron chi connectivity index (χ3n) is 12.7. The second kappa shape index (κ2) is 16.0. The van der Waals surface area contributed by atoms with Crippen LogP contribution < -0.4 is 4.90 Å². The molecule has 1 heterocycles. The molecular weight excluding hydrogens is 791 g/mol. The number of hydrogen-bond acceptors (Lipinski definition) is 2. The summed E-state index contributed by atoms with van der Waals surface area (Å²) in [4.78, 5) is 3.71. The molecule has 0 fully saturated rings. The summed E-state index contributed by atoms with van der Waals surface area (Å²) in [6.45, 7) is 0. The predicted molar refractivity (Wildman–Crippen MR) is 276 cm³/mol. The number of thiophene rings is 1. The molecule has 0 atom stereocenters. The van der Waals surface area contributed by atoms with Gasteiger partial charge in [0.05, 0.1) is 5.69 Å². The van der Waals surface area contributed by atoms with Gasteiger partial charge in [-0.1, -0.05) is 212 Å². The monoisotopic (exact) mass is 831 g/mol. The van der Waals surface area contributed by atoms with Crippen molar-refractivity contribution in [1.29, 1.82) is 0 Å². The van der Waals surface area contributed by atoms with Gasteiger partial charge < -0.3 is 4.90 Å². The van der Waals surface area contributed by atoms with Crippen LogP contribution in [0.25, 0.3) is 97.4 Å². The summed E-state index contributed by atoms with van der Waals surface area (Å²) in [6, 6.07) is 91.0. The normalized spacial score (nSPS) is 11.4. The molecule has 1 aromatic heterocycles. The van der Waals surface area contributed by atoms with E-state index in [0.717, 1.165) is 17.1 Å². The van der Waals surface area contributed by atoms with Gasteiger partial charge in [-0.25, -0.2) is 0 Å². The Hall–Kier alpha value is -8.04. The van der Waals surface area contributed by atoms with Crippen molar-refractivity contribution in [3.05, 3.63) is 249 Å². The van der Waals surface area contributed by atoms with Crippen molar-refractivity contribution in [3.63, 3.8) is 0 Å². The molecule has 0 saturated carbocycles. The second-order valence-electron chi connectivity index (χ2n) is 16.5. The molecule has 12 aromatic rings. The Bertz CT molecular complexity index is 3560. The van der Waals surface area contributed by atoms with Crippen LogP contribution in [0.3, 0.4) is 0 Å². The third kappa shape index (κ3) is 6.82. The summed E-state index contributed by atoms with van der Waals surface area (Å²) in [5, 5.41) is 8.58. The lowest BCUT2D eigenvalue weighted by Gasteiger charge is -2.28. The van der Waals surface area contributed by atoms with Crippen molar-refractivity contribution in [2.75, 3.05) is 4.90 Å². The Morgan fingerprint density at radius 2 is 0.750 bits per heavy atom. The van der Waals surface area contributed by atoms with Crippen LogP contribution in [-0.2, 0) is 0 Å². The maximum atomic E-state index is 2.43. The molecule has 0 saturated heterocycles. The fraction of sp³-hybridized carbons (Fsp3) is 0. The van der Waals surface area contributed by atoms with Crippen molar-refractivity contribution in [1.82, 2.24) is 0 Å². The lowest BCUT2D eigenvalue weighted by molar-refractivity contribution is 1.31. The highest BCUT2D eigenvalue weighted by atomic mass is 32.1. The minimum atomic E-state index is 1.13. The summed E-state index contributed by atoms with van der Waals surface area (Å²) < 4.78 is 1.27. The van der Waals surface area contributed by atoms with E-state index >= 15 is 0 Å². The smallest absolute Gasteiger partial charge is 0.0540 e. The van der Waals surface area contributed by atoms with Gasteiger partial charge in [0.15, 0.2) is 0 Å². The summed E-state index contributed by atoms with van der Waals surface area (Å²) >= 11 is 1.88. The Balaban J connectivity index is 1.00. The van der Waals surface area contributed by atoms with Crippen LogP contribution in [0.4, 0.5) is 17.1 Å². The van der Waals surface area contributed by atoms with Crippen LogP contribution in [0.1, 0.15) is 0 Å². The number of fused-ring (bicyclic) bond motifs is 4. The first kappa shape index (κ1) is 37.7. The lowest BCUT2D eigenvalue weighted by Crippen LogP contribution is -2.10. The number of benzene rings is 11. The molecule has 0 aliphatic carbocycles. The van der Waals surface area contributed by atoms with Gasteiger partial charge in [0.2, 0.25) is 0 Å². The number of rotatable bonds is 8. The molecule has 0 aliphatic rings. The second-order valence-corrected chi connectivity index (χ2v) is 17.5. The Kier molecular flexibility index (Phi) is 9.43. The predicted octanol–water partition coefficient (Wildman–Crippen LogP) is 18.2. The van der Waals surface area contributed by atoms with E-state index < -0.39 is 0 Å². The fourth-order valence-electron chi connectivity index (χ4n) is 9.45. The largest absolute Gasteiger partial charge is 0.310 e. The van der Waals surface area contributed by atoms with E-state index in [1.807, 2.05) is 11.3 Å². The molecule has 0 amide bonds. The van der Waals surface area contributed by atoms with E-state index in [4.69, 9.17) is 0 Å². The molecule has 2 heteroatoms. The summed E-state index contributed by atoms with van der Waals surface area (Å²) in [7, 11) is 0. The fourth-order valence-corrected chi connectivity index (χ4v) is 10.7. The van der Waals surface area contributed by atoms with Gasteiger partial charge in [0.1, 0.15) is 0 Å². The Morgan fingerprint density at radius 3 is 1.34 bits per heavy atom. The molecule has 0 bridgehead atoms. The zero-order valence-electron chi connectivity index (χ0n) is 35.0. The van der Waals surface area contributed by atoms with Crippen molar-refractivity contribution >= 4 is 70.8 Å².